The van der Waals surface area contributed by atoms with E-state index < -0.39 is 0 Å². The molecular weight excluding hydrogens is 558 g/mol. The summed E-state index contributed by atoms with van der Waals surface area (Å²) < 4.78 is 3.29. The molecule has 2 aromatic carbocycles. The molecule has 3 heterocycles. The number of anilines is 1. The highest BCUT2D eigenvalue weighted by molar-refractivity contribution is 9.10. The van der Waals surface area contributed by atoms with Gasteiger partial charge in [0, 0.05) is 40.7 Å². The summed E-state index contributed by atoms with van der Waals surface area (Å²) in [7, 11) is 0. The van der Waals surface area contributed by atoms with Crippen LogP contribution in [0, 0.1) is 20.8 Å². The van der Waals surface area contributed by atoms with Crippen molar-refractivity contribution in [2.45, 2.75) is 39.3 Å². The first-order chi connectivity index (χ1) is 18.3. The first-order valence-corrected chi connectivity index (χ1v) is 13.8. The molecule has 0 unspecified atom stereocenters. The fraction of sp³-hybridized carbons (Fsp3) is 0.233. The van der Waals surface area contributed by atoms with Gasteiger partial charge in [0.05, 0.1) is 23.5 Å². The number of aromatic nitrogens is 2. The van der Waals surface area contributed by atoms with Gasteiger partial charge in [-0.15, -0.1) is 0 Å². The largest absolute Gasteiger partial charge is 0.352 e. The lowest BCUT2D eigenvalue weighted by molar-refractivity contribution is -0.116. The first kappa shape index (κ1) is 26.1. The zero-order chi connectivity index (χ0) is 26.8. The van der Waals surface area contributed by atoms with Crippen molar-refractivity contribution in [1.29, 1.82) is 0 Å². The lowest BCUT2D eigenvalue weighted by Crippen LogP contribution is -2.32. The molecule has 1 amide bonds. The number of carbonyl (C=O) groups is 1. The summed E-state index contributed by atoms with van der Waals surface area (Å²) in [6.45, 7) is 6.77. The number of halogens is 1. The summed E-state index contributed by atoms with van der Waals surface area (Å²) in [5.41, 5.74) is 7.35. The van der Waals surface area contributed by atoms with Crippen LogP contribution in [0.2, 0.25) is 0 Å². The Balaban J connectivity index is 1.47. The molecule has 8 heteroatoms. The lowest BCUT2D eigenvalue weighted by Gasteiger charge is -2.28. The molecule has 1 saturated heterocycles. The van der Waals surface area contributed by atoms with Gasteiger partial charge in [-0.3, -0.25) is 9.78 Å². The molecule has 6 nitrogen and oxygen atoms in total. The second-order valence-electron chi connectivity index (χ2n) is 9.60. The van der Waals surface area contributed by atoms with Gasteiger partial charge >= 0.3 is 0 Å². The Morgan fingerprint density at radius 1 is 1.05 bits per heavy atom. The molecule has 0 saturated carbocycles. The maximum Gasteiger partial charge on any atom is 0.226 e. The second kappa shape index (κ2) is 11.1. The van der Waals surface area contributed by atoms with Gasteiger partial charge in [-0.2, -0.15) is 0 Å². The number of aryl methyl sites for hydroxylation is 2. The van der Waals surface area contributed by atoms with Gasteiger partial charge in [-0.25, -0.2) is 0 Å². The third-order valence-corrected chi connectivity index (χ3v) is 8.02. The molecule has 194 valence electrons. The fourth-order valence-electron chi connectivity index (χ4n) is 5.16. The maximum absolute atomic E-state index is 12.9. The average Bonchev–Trinajstić information content (AvgIpc) is 3.39. The summed E-state index contributed by atoms with van der Waals surface area (Å²) >= 11 is 9.55. The summed E-state index contributed by atoms with van der Waals surface area (Å²) in [4.78, 5) is 19.7. The van der Waals surface area contributed by atoms with E-state index in [0.717, 1.165) is 44.1 Å². The Morgan fingerprint density at radius 3 is 2.50 bits per heavy atom. The standard InChI is InChI=1S/C30H30BrN5OS/c1-19-11-13-22(14-12-19)33-27(37)15-17-35-29(28(34-30(35)38)25-9-6-7-16-32-25)23-18-20(2)36(21(23)3)26-10-5-4-8-24(26)31/h4-14,16,18,28-29H,15,17H2,1-3H3,(H,33,37)(H,34,38)/t28-,29+/m1/s1. The highest BCUT2D eigenvalue weighted by Gasteiger charge is 2.41. The zero-order valence-corrected chi connectivity index (χ0v) is 24.0. The first-order valence-electron chi connectivity index (χ1n) is 12.6. The van der Waals surface area contributed by atoms with Crippen molar-refractivity contribution in [3.63, 3.8) is 0 Å². The minimum absolute atomic E-state index is 0.0459. The highest BCUT2D eigenvalue weighted by atomic mass is 79.9. The van der Waals surface area contributed by atoms with Crippen molar-refractivity contribution in [2.75, 3.05) is 11.9 Å². The van der Waals surface area contributed by atoms with Crippen molar-refractivity contribution in [3.05, 3.63) is 112 Å². The molecule has 1 aliphatic heterocycles. The van der Waals surface area contributed by atoms with Crippen molar-refractivity contribution < 1.29 is 4.79 Å². The molecule has 0 bridgehead atoms. The van der Waals surface area contributed by atoms with Crippen LogP contribution < -0.4 is 10.6 Å². The third-order valence-electron chi connectivity index (χ3n) is 7.00. The number of benzene rings is 2. The number of hydrogen-bond acceptors (Lipinski definition) is 3. The quantitative estimate of drug-likeness (QED) is 0.240. The number of hydrogen-bond donors (Lipinski definition) is 2. The normalized spacial score (nSPS) is 16.9. The van der Waals surface area contributed by atoms with Gasteiger partial charge in [-0.05, 0) is 96.9 Å². The van der Waals surface area contributed by atoms with Crippen LogP contribution in [0.25, 0.3) is 5.69 Å². The van der Waals surface area contributed by atoms with E-state index in [1.165, 1.54) is 0 Å². The molecule has 5 rings (SSSR count). The topological polar surface area (TPSA) is 62.2 Å². The summed E-state index contributed by atoms with van der Waals surface area (Å²) in [6.07, 6.45) is 2.11. The molecule has 0 aliphatic carbocycles. The molecule has 2 aromatic heterocycles. The summed E-state index contributed by atoms with van der Waals surface area (Å²) in [6, 6.07) is 23.9. The Labute approximate surface area is 237 Å². The van der Waals surface area contributed by atoms with Crippen molar-refractivity contribution in [1.82, 2.24) is 19.8 Å². The Bertz CT molecular complexity index is 1470. The van der Waals surface area contributed by atoms with Gasteiger partial charge in [-0.1, -0.05) is 35.9 Å². The molecule has 0 spiro atoms. The van der Waals surface area contributed by atoms with Crippen LogP contribution in [-0.4, -0.2) is 32.0 Å². The molecule has 4 aromatic rings. The fourth-order valence-corrected chi connectivity index (χ4v) is 5.95. The number of amides is 1. The van der Waals surface area contributed by atoms with E-state index in [9.17, 15) is 4.79 Å². The highest BCUT2D eigenvalue weighted by Crippen LogP contribution is 2.42. The molecule has 0 radical (unpaired) electrons. The number of rotatable bonds is 7. The van der Waals surface area contributed by atoms with Crippen molar-refractivity contribution in [2.24, 2.45) is 0 Å². The van der Waals surface area contributed by atoms with E-state index in [4.69, 9.17) is 12.2 Å². The predicted octanol–water partition coefficient (Wildman–Crippen LogP) is 6.56. The third kappa shape index (κ3) is 5.24. The van der Waals surface area contributed by atoms with Crippen LogP contribution in [0.15, 0.2) is 83.5 Å². The van der Waals surface area contributed by atoms with E-state index in [1.807, 2.05) is 61.5 Å². The maximum atomic E-state index is 12.9. The zero-order valence-electron chi connectivity index (χ0n) is 21.6. The molecule has 1 fully saturated rings. The predicted molar refractivity (Wildman–Crippen MR) is 160 cm³/mol. The van der Waals surface area contributed by atoms with Crippen LogP contribution in [0.1, 0.15) is 46.7 Å². The molecule has 1 aliphatic rings. The van der Waals surface area contributed by atoms with Gasteiger partial charge in [0.1, 0.15) is 0 Å². The van der Waals surface area contributed by atoms with Gasteiger partial charge in [0.15, 0.2) is 5.11 Å². The van der Waals surface area contributed by atoms with E-state index in [0.29, 0.717) is 18.1 Å². The summed E-state index contributed by atoms with van der Waals surface area (Å²) in [5, 5.41) is 7.13. The number of para-hydroxylation sites is 1. The summed E-state index contributed by atoms with van der Waals surface area (Å²) in [5.74, 6) is -0.0459. The number of thiocarbonyl (C=S) groups is 1. The number of pyridine rings is 1. The van der Waals surface area contributed by atoms with Crippen LogP contribution >= 0.6 is 28.1 Å². The van der Waals surface area contributed by atoms with Crippen LogP contribution in [0.4, 0.5) is 5.69 Å². The van der Waals surface area contributed by atoms with E-state index in [-0.39, 0.29) is 18.0 Å². The van der Waals surface area contributed by atoms with Crippen molar-refractivity contribution in [3.8, 4) is 5.69 Å². The Kier molecular flexibility index (Phi) is 7.63. The van der Waals surface area contributed by atoms with E-state index in [2.05, 4.69) is 73.1 Å². The molecule has 2 atom stereocenters. The SMILES string of the molecule is Cc1ccc(NC(=O)CCN2C(=S)N[C@H](c3ccccn3)[C@@H]2c2cc(C)n(-c3ccccc3Br)c2C)cc1. The number of nitrogens with zero attached hydrogens (tertiary/aromatic N) is 3. The minimum atomic E-state index is -0.142. The monoisotopic (exact) mass is 587 g/mol. The van der Waals surface area contributed by atoms with Gasteiger partial charge in [0.2, 0.25) is 5.91 Å². The second-order valence-corrected chi connectivity index (χ2v) is 10.8. The Morgan fingerprint density at radius 2 is 1.79 bits per heavy atom. The van der Waals surface area contributed by atoms with Gasteiger partial charge < -0.3 is 20.1 Å². The molecular formula is C30H30BrN5OS. The minimum Gasteiger partial charge on any atom is -0.352 e. The van der Waals surface area contributed by atoms with Crippen LogP contribution in [-0.2, 0) is 4.79 Å². The van der Waals surface area contributed by atoms with Crippen LogP contribution in [0.3, 0.4) is 0 Å². The van der Waals surface area contributed by atoms with Crippen molar-refractivity contribution >= 4 is 44.9 Å². The van der Waals surface area contributed by atoms with Gasteiger partial charge in [0.25, 0.3) is 0 Å². The van der Waals surface area contributed by atoms with E-state index in [1.54, 1.807) is 6.20 Å². The molecule has 38 heavy (non-hydrogen) atoms. The van der Waals surface area contributed by atoms with Crippen LogP contribution in [0.5, 0.6) is 0 Å². The molecule has 2 N–H and O–H groups in total. The Hall–Kier alpha value is -3.49. The smallest absolute Gasteiger partial charge is 0.226 e. The van der Waals surface area contributed by atoms with E-state index >= 15 is 0 Å². The lowest BCUT2D eigenvalue weighted by atomic mass is 9.96. The average molecular weight is 589 g/mol. The number of nitrogens with one attached hydrogen (secondary N) is 2. The number of carbonyl (C=O) groups excluding carboxylic acids is 1.